The third-order valence-corrected chi connectivity index (χ3v) is 8.73. The molecule has 2 aromatic carbocycles. The van der Waals surface area contributed by atoms with Crippen LogP contribution < -0.4 is 5.73 Å². The molecule has 4 aromatic rings. The lowest BCUT2D eigenvalue weighted by Crippen LogP contribution is -2.24. The van der Waals surface area contributed by atoms with E-state index in [0.29, 0.717) is 28.7 Å². The summed E-state index contributed by atoms with van der Waals surface area (Å²) in [5.41, 5.74) is 9.32. The van der Waals surface area contributed by atoms with E-state index in [-0.39, 0.29) is 4.90 Å². The van der Waals surface area contributed by atoms with Gasteiger partial charge in [-0.25, -0.2) is 13.4 Å². The molecule has 186 valence electrons. The molecule has 2 heterocycles. The molecule has 5 nitrogen and oxygen atoms in total. The average molecular weight is 556 g/mol. The second kappa shape index (κ2) is 11.5. The minimum atomic E-state index is -3.30. The number of hydrogen-bond acceptors (Lipinski definition) is 7. The van der Waals surface area contributed by atoms with Gasteiger partial charge in [0.05, 0.1) is 26.2 Å². The highest BCUT2D eigenvalue weighted by molar-refractivity contribution is 7.90. The number of hydrogen-bond donors (Lipinski definition) is 1. The molecule has 0 aliphatic carbocycles. The van der Waals surface area contributed by atoms with Crippen molar-refractivity contribution in [2.75, 3.05) is 19.8 Å². The Morgan fingerprint density at radius 2 is 1.89 bits per heavy atom. The fraction of sp³-hybridized carbons (Fsp3) is 0.148. The van der Waals surface area contributed by atoms with Gasteiger partial charge in [0.1, 0.15) is 0 Å². The van der Waals surface area contributed by atoms with Crippen LogP contribution >= 0.6 is 34.3 Å². The van der Waals surface area contributed by atoms with Crippen molar-refractivity contribution in [2.45, 2.75) is 11.4 Å². The van der Waals surface area contributed by atoms with Gasteiger partial charge in [-0.1, -0.05) is 41.9 Å². The molecule has 0 atom stereocenters. The molecular formula is C27H26ClN3O2S3. The summed E-state index contributed by atoms with van der Waals surface area (Å²) in [7, 11) is -1.27. The second-order valence-corrected chi connectivity index (χ2v) is 12.9. The van der Waals surface area contributed by atoms with E-state index in [1.54, 1.807) is 35.6 Å². The molecule has 9 heteroatoms. The molecule has 0 spiro atoms. The van der Waals surface area contributed by atoms with E-state index in [1.165, 1.54) is 22.5 Å². The molecule has 4 rings (SSSR count). The number of aliphatic imine (C=N–C) groups is 1. The zero-order valence-electron chi connectivity index (χ0n) is 19.9. The first-order valence-electron chi connectivity index (χ1n) is 11.1. The summed E-state index contributed by atoms with van der Waals surface area (Å²) in [6.45, 7) is 1.39. The number of allylic oxidation sites excluding steroid dienone is 1. The van der Waals surface area contributed by atoms with Crippen molar-refractivity contribution in [2.24, 2.45) is 10.7 Å². The van der Waals surface area contributed by atoms with Gasteiger partial charge in [0.25, 0.3) is 0 Å². The largest absolute Gasteiger partial charge is 0.401 e. The number of nitrogens with zero attached hydrogens (tertiary/aromatic N) is 2. The van der Waals surface area contributed by atoms with Crippen molar-refractivity contribution in [3.8, 4) is 10.4 Å². The Morgan fingerprint density at radius 3 is 2.61 bits per heavy atom. The van der Waals surface area contributed by atoms with Crippen LogP contribution in [-0.2, 0) is 16.4 Å². The molecule has 0 radical (unpaired) electrons. The van der Waals surface area contributed by atoms with Gasteiger partial charge < -0.3 is 5.73 Å². The van der Waals surface area contributed by atoms with E-state index in [1.807, 2.05) is 55.6 Å². The number of thiophene rings is 2. The van der Waals surface area contributed by atoms with E-state index in [2.05, 4.69) is 16.3 Å². The zero-order valence-corrected chi connectivity index (χ0v) is 23.1. The zero-order chi connectivity index (χ0) is 25.7. The van der Waals surface area contributed by atoms with Crippen LogP contribution in [0.5, 0.6) is 0 Å². The quantitative estimate of drug-likeness (QED) is 0.235. The fourth-order valence-corrected chi connectivity index (χ4v) is 6.19. The van der Waals surface area contributed by atoms with Crippen molar-refractivity contribution < 1.29 is 8.42 Å². The van der Waals surface area contributed by atoms with Gasteiger partial charge in [0, 0.05) is 34.8 Å². The third kappa shape index (κ3) is 6.93. The molecule has 0 bridgehead atoms. The summed E-state index contributed by atoms with van der Waals surface area (Å²) in [4.78, 5) is 10.4. The van der Waals surface area contributed by atoms with Crippen LogP contribution in [-0.4, -0.2) is 38.9 Å². The van der Waals surface area contributed by atoms with Crippen LogP contribution in [0.15, 0.2) is 99.8 Å². The number of sulfone groups is 1. The Morgan fingerprint density at radius 1 is 1.08 bits per heavy atom. The van der Waals surface area contributed by atoms with E-state index in [4.69, 9.17) is 22.3 Å². The van der Waals surface area contributed by atoms with Crippen LogP contribution in [0.1, 0.15) is 9.75 Å². The number of rotatable bonds is 9. The molecule has 0 aliphatic heterocycles. The van der Waals surface area contributed by atoms with Gasteiger partial charge >= 0.3 is 0 Å². The highest BCUT2D eigenvalue weighted by atomic mass is 35.5. The van der Waals surface area contributed by atoms with Gasteiger partial charge in [0.15, 0.2) is 9.84 Å². The Labute approximate surface area is 225 Å². The first-order valence-corrected chi connectivity index (χ1v) is 15.1. The smallest absolute Gasteiger partial charge is 0.175 e. The van der Waals surface area contributed by atoms with Crippen molar-refractivity contribution in [1.82, 2.24) is 4.90 Å². The number of likely N-dealkylation sites (N-methyl/N-ethyl adjacent to an activating group) is 1. The third-order valence-electron chi connectivity index (χ3n) is 5.28. The highest BCUT2D eigenvalue weighted by Gasteiger charge is 2.13. The monoisotopic (exact) mass is 555 g/mol. The van der Waals surface area contributed by atoms with Crippen molar-refractivity contribution >= 4 is 55.5 Å². The Balaban J connectivity index is 1.67. The van der Waals surface area contributed by atoms with Crippen molar-refractivity contribution in [3.63, 3.8) is 0 Å². The maximum absolute atomic E-state index is 12.0. The van der Waals surface area contributed by atoms with Crippen LogP contribution in [0.2, 0.25) is 5.02 Å². The lowest BCUT2D eigenvalue weighted by molar-refractivity contribution is 0.357. The summed E-state index contributed by atoms with van der Waals surface area (Å²) in [5, 5.41) is 2.62. The first kappa shape index (κ1) is 26.3. The maximum atomic E-state index is 12.0. The summed E-state index contributed by atoms with van der Waals surface area (Å²) in [6.07, 6.45) is 3.10. The molecule has 0 fully saturated rings. The summed E-state index contributed by atoms with van der Waals surface area (Å²) in [5.74, 6) is 0. The molecule has 0 unspecified atom stereocenters. The van der Waals surface area contributed by atoms with Crippen molar-refractivity contribution in [1.29, 1.82) is 0 Å². The fourth-order valence-electron chi connectivity index (χ4n) is 3.60. The second-order valence-electron chi connectivity index (χ2n) is 8.38. The predicted molar refractivity (Wildman–Crippen MR) is 153 cm³/mol. The average Bonchev–Trinajstić information content (AvgIpc) is 3.52. The molecule has 0 amide bonds. The predicted octanol–water partition coefficient (Wildman–Crippen LogP) is 6.63. The van der Waals surface area contributed by atoms with Gasteiger partial charge in [-0.15, -0.1) is 22.7 Å². The van der Waals surface area contributed by atoms with Crippen LogP contribution in [0, 0.1) is 0 Å². The first-order chi connectivity index (χ1) is 17.2. The van der Waals surface area contributed by atoms with Crippen LogP contribution in [0.3, 0.4) is 0 Å². The van der Waals surface area contributed by atoms with Crippen molar-refractivity contribution in [3.05, 3.63) is 105 Å². The van der Waals surface area contributed by atoms with Gasteiger partial charge in [-0.3, -0.25) is 4.90 Å². The molecule has 36 heavy (non-hydrogen) atoms. The Bertz CT molecular complexity index is 1510. The van der Waals surface area contributed by atoms with Gasteiger partial charge in [-0.05, 0) is 66.5 Å². The lowest BCUT2D eigenvalue weighted by atomic mass is 10.2. The maximum Gasteiger partial charge on any atom is 0.175 e. The van der Waals surface area contributed by atoms with E-state index >= 15 is 0 Å². The molecule has 2 N–H and O–H groups in total. The number of para-hydroxylation sites is 1. The van der Waals surface area contributed by atoms with Gasteiger partial charge in [0.2, 0.25) is 0 Å². The molecule has 0 aliphatic rings. The highest BCUT2D eigenvalue weighted by Crippen LogP contribution is 2.32. The van der Waals surface area contributed by atoms with E-state index < -0.39 is 9.84 Å². The minimum absolute atomic E-state index is 0.290. The SMILES string of the molecule is CN(C/C(N)=C/C(=Nc1ccccc1Cl)c1ccc(-c2cccc(S(C)(=O)=O)c2)s1)Cc1cccs1. The molecule has 0 saturated carbocycles. The summed E-state index contributed by atoms with van der Waals surface area (Å²) in [6, 6.07) is 22.5. The Kier molecular flexibility index (Phi) is 8.43. The summed E-state index contributed by atoms with van der Waals surface area (Å²) < 4.78 is 24.0. The number of nitrogens with two attached hydrogens (primary N) is 1. The minimum Gasteiger partial charge on any atom is -0.401 e. The standard InChI is InChI=1S/C27H26ClN3O2S3/c1-31(18-21-8-6-14-34-21)17-20(29)16-25(30-24-11-4-3-10-23(24)28)27-13-12-26(35-27)19-7-5-9-22(15-19)36(2,32)33/h3-16H,17-18,29H2,1-2H3/b20-16-,30-25?. The number of benzene rings is 2. The van der Waals surface area contributed by atoms with E-state index in [9.17, 15) is 8.42 Å². The lowest BCUT2D eigenvalue weighted by Gasteiger charge is -2.16. The van der Waals surface area contributed by atoms with Crippen LogP contribution in [0.25, 0.3) is 10.4 Å². The van der Waals surface area contributed by atoms with E-state index in [0.717, 1.165) is 21.9 Å². The summed E-state index contributed by atoms with van der Waals surface area (Å²) >= 11 is 9.64. The molecule has 0 saturated heterocycles. The Hall–Kier alpha value is -2.75. The van der Waals surface area contributed by atoms with Crippen LogP contribution in [0.4, 0.5) is 5.69 Å². The van der Waals surface area contributed by atoms with Gasteiger partial charge in [-0.2, -0.15) is 0 Å². The topological polar surface area (TPSA) is 75.8 Å². The number of halogens is 1. The normalized spacial score (nSPS) is 12.9. The molecule has 2 aromatic heterocycles. The molecular weight excluding hydrogens is 530 g/mol.